The molecule has 5 unspecified atom stereocenters. The number of aliphatic hydroxyl groups excluding tert-OH is 1. The minimum Gasteiger partial charge on any atom is -0.462 e. The molecule has 0 aliphatic rings. The Morgan fingerprint density at radius 2 is 0.510 bits per heavy atom. The molecule has 0 heterocycles. The summed E-state index contributed by atoms with van der Waals surface area (Å²) in [5, 5.41) is 10.6. The lowest BCUT2D eigenvalue weighted by atomic mass is 10.1. The van der Waals surface area contributed by atoms with Crippen LogP contribution in [-0.4, -0.2) is 96.7 Å². The van der Waals surface area contributed by atoms with Gasteiger partial charge in [-0.25, -0.2) is 9.13 Å². The number of hydrogen-bond donors (Lipinski definition) is 3. The van der Waals surface area contributed by atoms with Crippen LogP contribution >= 0.6 is 15.6 Å². The van der Waals surface area contributed by atoms with Crippen LogP contribution in [0.2, 0.25) is 0 Å². The van der Waals surface area contributed by atoms with E-state index >= 15 is 0 Å². The smallest absolute Gasteiger partial charge is 0.462 e. The maximum atomic E-state index is 13.1. The fourth-order valence-electron chi connectivity index (χ4n) is 9.50. The zero-order chi connectivity index (χ0) is 76.0. The summed E-state index contributed by atoms with van der Waals surface area (Å²) in [6, 6.07) is 0. The Bertz CT molecular complexity index is 2690. The Balaban J connectivity index is 5.51. The van der Waals surface area contributed by atoms with Gasteiger partial charge in [0, 0.05) is 25.7 Å². The summed E-state index contributed by atoms with van der Waals surface area (Å²) < 4.78 is 68.4. The first-order valence-corrected chi connectivity index (χ1v) is 42.0. The first-order chi connectivity index (χ1) is 50.7. The molecule has 0 radical (unpaired) electrons. The Morgan fingerprint density at radius 1 is 0.279 bits per heavy atom. The molecule has 0 rings (SSSR count). The van der Waals surface area contributed by atoms with Crippen molar-refractivity contribution in [1.29, 1.82) is 0 Å². The highest BCUT2D eigenvalue weighted by atomic mass is 31.2. The SMILES string of the molecule is CC/C=C\C/C=C\C/C=C\C/C=C\C/C=C\CCCC(=O)OCC(COP(=O)(O)OCC(O)COP(=O)(O)OCC(COC(=O)CCCC/C=C\C/C=C\C/C=C\C/C=C\CC)OC(=O)CCCCCCC/C=C\C/C=C\CCCCC)OC(=O)CCCCCC/C=C\C/C=C\C/C=C\C/C=C\CC. The maximum Gasteiger partial charge on any atom is 0.472 e. The number of esters is 4. The second-order valence-electron chi connectivity index (χ2n) is 25.1. The zero-order valence-corrected chi connectivity index (χ0v) is 65.9. The number of ether oxygens (including phenoxy) is 4. The molecule has 0 amide bonds. The molecule has 0 aliphatic carbocycles. The lowest BCUT2D eigenvalue weighted by Crippen LogP contribution is -2.30. The van der Waals surface area contributed by atoms with Gasteiger partial charge in [-0.2, -0.15) is 0 Å². The Labute approximate surface area is 628 Å². The molecule has 104 heavy (non-hydrogen) atoms. The number of rotatable bonds is 71. The summed E-state index contributed by atoms with van der Waals surface area (Å²) in [7, 11) is -10.0. The highest BCUT2D eigenvalue weighted by Gasteiger charge is 2.30. The number of hydrogen-bond acceptors (Lipinski definition) is 15. The summed E-state index contributed by atoms with van der Waals surface area (Å²) in [6.07, 6.45) is 90.3. The summed E-state index contributed by atoms with van der Waals surface area (Å²) in [5.41, 5.74) is 0. The van der Waals surface area contributed by atoms with Crippen molar-refractivity contribution in [3.8, 4) is 0 Å². The van der Waals surface area contributed by atoms with Gasteiger partial charge in [0.05, 0.1) is 26.4 Å². The minimum atomic E-state index is -5.01. The van der Waals surface area contributed by atoms with Gasteiger partial charge in [-0.05, 0) is 173 Å². The van der Waals surface area contributed by atoms with Crippen molar-refractivity contribution >= 4 is 39.5 Å². The molecular formula is C85H136O17P2. The van der Waals surface area contributed by atoms with Crippen LogP contribution in [0.1, 0.15) is 272 Å². The van der Waals surface area contributed by atoms with Gasteiger partial charge < -0.3 is 33.8 Å². The molecule has 0 aliphatic heterocycles. The van der Waals surface area contributed by atoms with E-state index in [4.69, 9.17) is 37.0 Å². The molecular weight excluding hydrogens is 1350 g/mol. The van der Waals surface area contributed by atoms with E-state index in [2.05, 4.69) is 198 Å². The van der Waals surface area contributed by atoms with E-state index in [9.17, 15) is 43.2 Å². The van der Waals surface area contributed by atoms with Gasteiger partial charge in [0.1, 0.15) is 19.3 Å². The standard InChI is InChI=1S/C85H136O17P2/c1-5-9-13-17-21-25-29-33-37-39-43-46-50-54-58-62-66-70-83(88)96-76-81(102-85(90)72-68-64-60-56-52-48-44-40-38-34-30-26-22-18-14-10-6-2)78-100-104(93,94)98-74-79(86)73-97-103(91,92)99-77-80(101-84(89)71-67-63-59-55-51-47-42-36-32-28-24-20-16-12-8-4)75-95-82(87)69-65-61-57-53-49-45-41-35-31-27-23-19-15-11-7-3/h9-11,13-15,21-28,33-38,41-44,46,48-49,53-54,58,79-81,86H,5-8,12,16-20,29-32,39-40,45,47,50-52,55-57,59-78H2,1-4H3,(H,91,92)(H,93,94)/b13-9-,14-10-,15-11-,25-21-,26-22-,27-23-,28-24-,37-33-,38-34-,41-35-,42-36-,46-43-,48-44-,53-49-,58-54-. The van der Waals surface area contributed by atoms with Gasteiger partial charge >= 0.3 is 39.5 Å². The molecule has 19 heteroatoms. The molecule has 0 aromatic heterocycles. The van der Waals surface area contributed by atoms with Crippen LogP contribution in [0.25, 0.3) is 0 Å². The van der Waals surface area contributed by atoms with Crippen LogP contribution in [0, 0.1) is 0 Å². The van der Waals surface area contributed by atoms with Crippen LogP contribution in [0.5, 0.6) is 0 Å². The topological polar surface area (TPSA) is 237 Å². The van der Waals surface area contributed by atoms with Gasteiger partial charge in [-0.15, -0.1) is 0 Å². The van der Waals surface area contributed by atoms with E-state index < -0.39 is 97.5 Å². The summed E-state index contributed by atoms with van der Waals surface area (Å²) >= 11 is 0. The van der Waals surface area contributed by atoms with Gasteiger partial charge in [-0.3, -0.25) is 37.3 Å². The number of phosphoric acid groups is 2. The van der Waals surface area contributed by atoms with Crippen LogP contribution in [-0.2, 0) is 65.4 Å². The van der Waals surface area contributed by atoms with Crippen molar-refractivity contribution in [1.82, 2.24) is 0 Å². The number of unbranched alkanes of at least 4 members (excludes halogenated alkanes) is 15. The van der Waals surface area contributed by atoms with Crippen LogP contribution in [0.3, 0.4) is 0 Å². The quantitative estimate of drug-likeness (QED) is 0.0169. The Kier molecular flexibility index (Phi) is 71.2. The third-order valence-electron chi connectivity index (χ3n) is 15.3. The largest absolute Gasteiger partial charge is 0.472 e. The molecule has 5 atom stereocenters. The molecule has 0 fully saturated rings. The Hall–Kier alpha value is -5.84. The second kappa shape index (κ2) is 75.4. The number of carbonyl (C=O) groups is 4. The van der Waals surface area contributed by atoms with E-state index in [1.54, 1.807) is 0 Å². The third kappa shape index (κ3) is 74.4. The lowest BCUT2D eigenvalue weighted by molar-refractivity contribution is -0.161. The van der Waals surface area contributed by atoms with Crippen LogP contribution < -0.4 is 0 Å². The monoisotopic (exact) mass is 1490 g/mol. The van der Waals surface area contributed by atoms with Gasteiger partial charge in [0.25, 0.3) is 0 Å². The summed E-state index contributed by atoms with van der Waals surface area (Å²) in [4.78, 5) is 73.0. The zero-order valence-electron chi connectivity index (χ0n) is 64.1. The van der Waals surface area contributed by atoms with E-state index in [0.717, 1.165) is 167 Å². The minimum absolute atomic E-state index is 0.0461. The molecule has 0 spiro atoms. The number of phosphoric ester groups is 2. The number of aliphatic hydroxyl groups is 1. The van der Waals surface area contributed by atoms with Gasteiger partial charge in [0.2, 0.25) is 0 Å². The van der Waals surface area contributed by atoms with Gasteiger partial charge in [-0.1, -0.05) is 255 Å². The molecule has 0 saturated carbocycles. The highest BCUT2D eigenvalue weighted by molar-refractivity contribution is 7.47. The van der Waals surface area contributed by atoms with E-state index in [-0.39, 0.29) is 25.7 Å². The van der Waals surface area contributed by atoms with Crippen LogP contribution in [0.4, 0.5) is 0 Å². The number of carbonyl (C=O) groups excluding carboxylic acids is 4. The van der Waals surface area contributed by atoms with Crippen molar-refractivity contribution in [2.75, 3.05) is 39.6 Å². The first kappa shape index (κ1) is 98.2. The van der Waals surface area contributed by atoms with Crippen molar-refractivity contribution in [3.05, 3.63) is 182 Å². The predicted molar refractivity (Wildman–Crippen MR) is 426 cm³/mol. The fourth-order valence-corrected chi connectivity index (χ4v) is 11.1. The lowest BCUT2D eigenvalue weighted by Gasteiger charge is -2.21. The van der Waals surface area contributed by atoms with Crippen molar-refractivity contribution < 1.29 is 80.2 Å². The van der Waals surface area contributed by atoms with Crippen molar-refractivity contribution in [2.45, 2.75) is 290 Å². The van der Waals surface area contributed by atoms with Crippen molar-refractivity contribution in [2.24, 2.45) is 0 Å². The van der Waals surface area contributed by atoms with Crippen LogP contribution in [0.15, 0.2) is 182 Å². The first-order valence-electron chi connectivity index (χ1n) is 39.0. The number of allylic oxidation sites excluding steroid dienone is 30. The molecule has 17 nitrogen and oxygen atoms in total. The second-order valence-corrected chi connectivity index (χ2v) is 28.1. The van der Waals surface area contributed by atoms with E-state index in [1.807, 2.05) is 12.2 Å². The maximum absolute atomic E-state index is 13.1. The van der Waals surface area contributed by atoms with Crippen molar-refractivity contribution in [3.63, 3.8) is 0 Å². The molecule has 3 N–H and O–H groups in total. The molecule has 0 aromatic carbocycles. The Morgan fingerprint density at radius 3 is 0.827 bits per heavy atom. The van der Waals surface area contributed by atoms with Gasteiger partial charge in [0.15, 0.2) is 12.2 Å². The average molecular weight is 1490 g/mol. The van der Waals surface area contributed by atoms with E-state index in [1.165, 1.54) is 19.3 Å². The van der Waals surface area contributed by atoms with E-state index in [0.29, 0.717) is 32.1 Å². The molecule has 0 aromatic rings. The molecule has 0 bridgehead atoms. The third-order valence-corrected chi connectivity index (χ3v) is 17.2. The fraction of sp³-hybridized carbons (Fsp3) is 0.600. The highest BCUT2D eigenvalue weighted by Crippen LogP contribution is 2.45. The normalized spacial score (nSPS) is 14.9. The summed E-state index contributed by atoms with van der Waals surface area (Å²) in [6.45, 7) is 4.32. The molecule has 588 valence electrons. The molecule has 0 saturated heterocycles. The average Bonchev–Trinajstić information content (AvgIpc) is 0.926. The summed E-state index contributed by atoms with van der Waals surface area (Å²) in [5.74, 6) is -2.35. The predicted octanol–water partition coefficient (Wildman–Crippen LogP) is 22.8.